The first-order chi connectivity index (χ1) is 7.20. The Kier molecular flexibility index (Phi) is 2.73. The number of amides is 1. The van der Waals surface area contributed by atoms with Gasteiger partial charge in [-0.05, 0) is 19.5 Å². The van der Waals surface area contributed by atoms with Gasteiger partial charge in [0.1, 0.15) is 0 Å². The lowest BCUT2D eigenvalue weighted by atomic mass is 10.3. The number of aromatic nitrogens is 2. The van der Waals surface area contributed by atoms with Crippen LogP contribution in [0.2, 0.25) is 0 Å². The van der Waals surface area contributed by atoms with E-state index in [4.69, 9.17) is 0 Å². The lowest BCUT2D eigenvalue weighted by Gasteiger charge is -2.14. The van der Waals surface area contributed by atoms with Gasteiger partial charge in [0.15, 0.2) is 0 Å². The molecule has 1 aliphatic heterocycles. The number of hydrogen-bond acceptors (Lipinski definition) is 3. The van der Waals surface area contributed by atoms with Crippen LogP contribution in [-0.2, 0) is 18.4 Å². The van der Waals surface area contributed by atoms with Gasteiger partial charge in [-0.1, -0.05) is 0 Å². The molecule has 5 heteroatoms. The van der Waals surface area contributed by atoms with Crippen molar-refractivity contribution in [1.82, 2.24) is 20.0 Å². The van der Waals surface area contributed by atoms with Crippen LogP contribution in [0.3, 0.4) is 0 Å². The summed E-state index contributed by atoms with van der Waals surface area (Å²) in [7, 11) is 3.71. The molecular formula is C10H16N4O. The molecule has 0 spiro atoms. The van der Waals surface area contributed by atoms with Crippen molar-refractivity contribution in [2.45, 2.75) is 19.0 Å². The summed E-state index contributed by atoms with van der Waals surface area (Å²) >= 11 is 0. The minimum absolute atomic E-state index is 0.00582. The zero-order valence-corrected chi connectivity index (χ0v) is 9.10. The van der Waals surface area contributed by atoms with Gasteiger partial charge in [0.2, 0.25) is 5.91 Å². The Morgan fingerprint density at radius 2 is 2.47 bits per heavy atom. The van der Waals surface area contributed by atoms with E-state index in [1.807, 2.05) is 31.3 Å². The molecule has 1 aliphatic rings. The topological polar surface area (TPSA) is 50.2 Å². The molecule has 2 heterocycles. The molecular weight excluding hydrogens is 192 g/mol. The molecule has 1 amide bonds. The van der Waals surface area contributed by atoms with Crippen LogP contribution in [0.5, 0.6) is 0 Å². The standard InChI is InChI=1S/C10H16N4O/c1-11-9-4-6-14(10(9)15)7-8-3-5-13(2)12-8/h3,5,9,11H,4,6-7H2,1-2H3. The van der Waals surface area contributed by atoms with E-state index in [-0.39, 0.29) is 11.9 Å². The van der Waals surface area contributed by atoms with Crippen LogP contribution in [0.25, 0.3) is 0 Å². The van der Waals surface area contributed by atoms with Crippen molar-refractivity contribution in [2.75, 3.05) is 13.6 Å². The highest BCUT2D eigenvalue weighted by atomic mass is 16.2. The normalized spacial score (nSPS) is 21.3. The predicted molar refractivity (Wildman–Crippen MR) is 56.1 cm³/mol. The summed E-state index contributed by atoms with van der Waals surface area (Å²) in [5, 5.41) is 7.28. The average molecular weight is 208 g/mol. The summed E-state index contributed by atoms with van der Waals surface area (Å²) in [5.74, 6) is 0.183. The number of hydrogen-bond donors (Lipinski definition) is 1. The molecule has 0 aliphatic carbocycles. The number of likely N-dealkylation sites (tertiary alicyclic amines) is 1. The molecule has 1 fully saturated rings. The summed E-state index contributed by atoms with van der Waals surface area (Å²) in [6.07, 6.45) is 2.79. The quantitative estimate of drug-likeness (QED) is 0.744. The first-order valence-corrected chi connectivity index (χ1v) is 5.15. The maximum atomic E-state index is 11.8. The van der Waals surface area contributed by atoms with Crippen molar-refractivity contribution >= 4 is 5.91 Å². The van der Waals surface area contributed by atoms with Crippen LogP contribution < -0.4 is 5.32 Å². The summed E-state index contributed by atoms with van der Waals surface area (Å²) in [6.45, 7) is 1.44. The number of nitrogens with one attached hydrogen (secondary N) is 1. The lowest BCUT2D eigenvalue weighted by Crippen LogP contribution is -2.36. The fourth-order valence-corrected chi connectivity index (χ4v) is 1.91. The highest BCUT2D eigenvalue weighted by Gasteiger charge is 2.30. The predicted octanol–water partition coefficient (Wildman–Crippen LogP) is -0.260. The molecule has 0 bridgehead atoms. The fraction of sp³-hybridized carbons (Fsp3) is 0.600. The van der Waals surface area contributed by atoms with Gasteiger partial charge in [-0.25, -0.2) is 0 Å². The number of carbonyl (C=O) groups excluding carboxylic acids is 1. The molecule has 0 aromatic carbocycles. The van der Waals surface area contributed by atoms with Crippen LogP contribution in [0.15, 0.2) is 12.3 Å². The Morgan fingerprint density at radius 3 is 3.00 bits per heavy atom. The summed E-state index contributed by atoms with van der Waals surface area (Å²) in [5.41, 5.74) is 0.947. The van der Waals surface area contributed by atoms with Crippen molar-refractivity contribution in [2.24, 2.45) is 7.05 Å². The molecule has 1 unspecified atom stereocenters. The van der Waals surface area contributed by atoms with Gasteiger partial charge < -0.3 is 10.2 Å². The lowest BCUT2D eigenvalue weighted by molar-refractivity contribution is -0.129. The Bertz CT molecular complexity index is 360. The number of carbonyl (C=O) groups is 1. The van der Waals surface area contributed by atoms with Crippen molar-refractivity contribution < 1.29 is 4.79 Å². The largest absolute Gasteiger partial charge is 0.335 e. The number of nitrogens with zero attached hydrogens (tertiary/aromatic N) is 3. The van der Waals surface area contributed by atoms with E-state index >= 15 is 0 Å². The molecule has 5 nitrogen and oxygen atoms in total. The van der Waals surface area contributed by atoms with Crippen molar-refractivity contribution in [3.63, 3.8) is 0 Å². The smallest absolute Gasteiger partial charge is 0.240 e. The molecule has 0 saturated carbocycles. The van der Waals surface area contributed by atoms with Crippen LogP contribution in [-0.4, -0.2) is 40.2 Å². The Balaban J connectivity index is 1.99. The molecule has 1 aromatic heterocycles. The molecule has 82 valence electrons. The third-order valence-corrected chi connectivity index (χ3v) is 2.77. The van der Waals surface area contributed by atoms with Crippen LogP contribution in [0.4, 0.5) is 0 Å². The van der Waals surface area contributed by atoms with E-state index in [9.17, 15) is 4.79 Å². The zero-order valence-electron chi connectivity index (χ0n) is 9.10. The zero-order chi connectivity index (χ0) is 10.8. The maximum Gasteiger partial charge on any atom is 0.240 e. The second-order valence-corrected chi connectivity index (χ2v) is 3.87. The molecule has 1 atom stereocenters. The van der Waals surface area contributed by atoms with Crippen LogP contribution in [0.1, 0.15) is 12.1 Å². The molecule has 0 radical (unpaired) electrons. The van der Waals surface area contributed by atoms with Crippen molar-refractivity contribution in [3.8, 4) is 0 Å². The molecule has 1 saturated heterocycles. The van der Waals surface area contributed by atoms with Gasteiger partial charge >= 0.3 is 0 Å². The van der Waals surface area contributed by atoms with E-state index in [1.54, 1.807) is 4.68 Å². The minimum Gasteiger partial charge on any atom is -0.335 e. The van der Waals surface area contributed by atoms with Crippen LogP contribution >= 0.6 is 0 Å². The van der Waals surface area contributed by atoms with E-state index in [0.717, 1.165) is 18.7 Å². The summed E-state index contributed by atoms with van der Waals surface area (Å²) in [6, 6.07) is 1.94. The second-order valence-electron chi connectivity index (χ2n) is 3.87. The number of rotatable bonds is 3. The van der Waals surface area contributed by atoms with Gasteiger partial charge in [0.25, 0.3) is 0 Å². The van der Waals surface area contributed by atoms with Gasteiger partial charge in [0, 0.05) is 19.8 Å². The van der Waals surface area contributed by atoms with Crippen LogP contribution in [0, 0.1) is 0 Å². The number of likely N-dealkylation sites (N-methyl/N-ethyl adjacent to an activating group) is 1. The summed E-state index contributed by atoms with van der Waals surface area (Å²) in [4.78, 5) is 13.6. The van der Waals surface area contributed by atoms with Gasteiger partial charge in [0.05, 0.1) is 18.3 Å². The van der Waals surface area contributed by atoms with Gasteiger partial charge in [-0.2, -0.15) is 5.10 Å². The van der Waals surface area contributed by atoms with Gasteiger partial charge in [-0.3, -0.25) is 9.48 Å². The van der Waals surface area contributed by atoms with Crippen molar-refractivity contribution in [1.29, 1.82) is 0 Å². The number of aryl methyl sites for hydroxylation is 1. The van der Waals surface area contributed by atoms with E-state index in [1.165, 1.54) is 0 Å². The maximum absolute atomic E-state index is 11.8. The average Bonchev–Trinajstić information content (AvgIpc) is 2.76. The monoisotopic (exact) mass is 208 g/mol. The minimum atomic E-state index is -0.00582. The third kappa shape index (κ3) is 2.02. The second kappa shape index (κ2) is 4.02. The van der Waals surface area contributed by atoms with E-state index < -0.39 is 0 Å². The van der Waals surface area contributed by atoms with Gasteiger partial charge in [-0.15, -0.1) is 0 Å². The Hall–Kier alpha value is -1.36. The molecule has 2 rings (SSSR count). The first-order valence-electron chi connectivity index (χ1n) is 5.15. The summed E-state index contributed by atoms with van der Waals surface area (Å²) < 4.78 is 1.76. The van der Waals surface area contributed by atoms with E-state index in [0.29, 0.717) is 6.54 Å². The Morgan fingerprint density at radius 1 is 1.67 bits per heavy atom. The first kappa shape index (κ1) is 10.2. The molecule has 1 aromatic rings. The van der Waals surface area contributed by atoms with E-state index in [2.05, 4.69) is 10.4 Å². The highest BCUT2D eigenvalue weighted by molar-refractivity contribution is 5.83. The third-order valence-electron chi connectivity index (χ3n) is 2.77. The molecule has 1 N–H and O–H groups in total. The SMILES string of the molecule is CNC1CCN(Cc2ccn(C)n2)C1=O. The molecule has 15 heavy (non-hydrogen) atoms. The van der Waals surface area contributed by atoms with Crippen molar-refractivity contribution in [3.05, 3.63) is 18.0 Å². The Labute approximate surface area is 89.1 Å². The fourth-order valence-electron chi connectivity index (χ4n) is 1.91. The highest BCUT2D eigenvalue weighted by Crippen LogP contribution is 2.13.